The van der Waals surface area contributed by atoms with E-state index in [9.17, 15) is 19.8 Å². The lowest BCUT2D eigenvalue weighted by Crippen LogP contribution is -2.46. The summed E-state index contributed by atoms with van der Waals surface area (Å²) in [5.41, 5.74) is -0.765. The number of nitrogens with zero attached hydrogens (tertiary/aromatic N) is 1. The number of imide groups is 1. The second-order valence-electron chi connectivity index (χ2n) is 5.78. The molecular weight excluding hydrogens is 329 g/mol. The number of phenolic OH excluding ortho intramolecular Hbond substituents is 1. The van der Waals surface area contributed by atoms with E-state index in [2.05, 4.69) is 0 Å². The van der Waals surface area contributed by atoms with Crippen LogP contribution < -0.4 is 4.90 Å². The molecule has 5 nitrogen and oxygen atoms in total. The van der Waals surface area contributed by atoms with Crippen molar-refractivity contribution < 1.29 is 19.8 Å². The molecule has 120 valence electrons. The fourth-order valence-corrected chi connectivity index (χ4v) is 3.22. The summed E-state index contributed by atoms with van der Waals surface area (Å²) in [5.74, 6) is -0.777. The van der Waals surface area contributed by atoms with Crippen LogP contribution in [0.15, 0.2) is 12.1 Å². The lowest BCUT2D eigenvalue weighted by atomic mass is 9.74. The predicted octanol–water partition coefficient (Wildman–Crippen LogP) is 4.68. The number of halogens is 2. The molecule has 0 atom stereocenters. The minimum atomic E-state index is -1.42. The molecule has 0 saturated heterocycles. The van der Waals surface area contributed by atoms with Crippen LogP contribution in [-0.4, -0.2) is 22.2 Å². The normalized spacial score (nSPS) is 17.0. The molecule has 0 heterocycles. The van der Waals surface area contributed by atoms with Gasteiger partial charge in [-0.25, -0.2) is 9.69 Å². The van der Waals surface area contributed by atoms with Crippen molar-refractivity contribution in [3.8, 4) is 5.75 Å². The number of rotatable bonds is 2. The Morgan fingerprint density at radius 1 is 1.14 bits per heavy atom. The molecule has 0 unspecified atom stereocenters. The molecule has 2 rings (SSSR count). The van der Waals surface area contributed by atoms with Gasteiger partial charge in [0, 0.05) is 5.41 Å². The van der Waals surface area contributed by atoms with E-state index in [4.69, 9.17) is 23.2 Å². The van der Waals surface area contributed by atoms with E-state index in [-0.39, 0.29) is 21.5 Å². The quantitative estimate of drug-likeness (QED) is 0.815. The second kappa shape index (κ2) is 6.34. The SMILES string of the molecule is CC1(C(=O)N(C(=O)O)c2ccc(O)c(Cl)c2Cl)CCCCC1. The van der Waals surface area contributed by atoms with Crippen molar-refractivity contribution in [1.82, 2.24) is 0 Å². The van der Waals surface area contributed by atoms with Crippen LogP contribution in [0.25, 0.3) is 0 Å². The summed E-state index contributed by atoms with van der Waals surface area (Å²) in [6, 6.07) is 2.50. The van der Waals surface area contributed by atoms with Crippen LogP contribution in [0.3, 0.4) is 0 Å². The fraction of sp³-hybridized carbons (Fsp3) is 0.467. The summed E-state index contributed by atoms with van der Waals surface area (Å²) < 4.78 is 0. The van der Waals surface area contributed by atoms with Crippen molar-refractivity contribution in [2.24, 2.45) is 5.41 Å². The molecule has 1 aromatic carbocycles. The van der Waals surface area contributed by atoms with Gasteiger partial charge in [0.05, 0.1) is 10.7 Å². The van der Waals surface area contributed by atoms with Crippen LogP contribution in [0, 0.1) is 5.41 Å². The number of hydrogen-bond acceptors (Lipinski definition) is 3. The Morgan fingerprint density at radius 3 is 2.27 bits per heavy atom. The third-order valence-corrected chi connectivity index (χ3v) is 5.01. The number of benzene rings is 1. The Labute approximate surface area is 138 Å². The van der Waals surface area contributed by atoms with Gasteiger partial charge in [0.1, 0.15) is 10.8 Å². The maximum absolute atomic E-state index is 12.8. The average molecular weight is 346 g/mol. The minimum Gasteiger partial charge on any atom is -0.506 e. The van der Waals surface area contributed by atoms with E-state index < -0.39 is 17.4 Å². The molecule has 2 amide bonds. The number of hydrogen-bond donors (Lipinski definition) is 2. The van der Waals surface area contributed by atoms with E-state index in [1.165, 1.54) is 12.1 Å². The number of carboxylic acid groups (broad SMARTS) is 1. The highest BCUT2D eigenvalue weighted by molar-refractivity contribution is 6.45. The minimum absolute atomic E-state index is 0.0336. The number of carbonyl (C=O) groups is 2. The molecule has 1 aromatic rings. The van der Waals surface area contributed by atoms with Crippen LogP contribution in [0.1, 0.15) is 39.0 Å². The van der Waals surface area contributed by atoms with Gasteiger partial charge in [-0.05, 0) is 25.0 Å². The van der Waals surface area contributed by atoms with Gasteiger partial charge in [-0.3, -0.25) is 4.79 Å². The third-order valence-electron chi connectivity index (χ3n) is 4.15. The monoisotopic (exact) mass is 345 g/mol. The molecule has 0 radical (unpaired) electrons. The zero-order valence-corrected chi connectivity index (χ0v) is 13.6. The summed E-state index contributed by atoms with van der Waals surface area (Å²) in [6.07, 6.45) is 2.68. The second-order valence-corrected chi connectivity index (χ2v) is 6.53. The van der Waals surface area contributed by atoms with E-state index >= 15 is 0 Å². The summed E-state index contributed by atoms with van der Waals surface area (Å²) in [4.78, 5) is 25.0. The smallest absolute Gasteiger partial charge is 0.418 e. The predicted molar refractivity (Wildman–Crippen MR) is 84.8 cm³/mol. The largest absolute Gasteiger partial charge is 0.506 e. The molecule has 1 fully saturated rings. The lowest BCUT2D eigenvalue weighted by molar-refractivity contribution is -0.128. The van der Waals surface area contributed by atoms with Crippen LogP contribution >= 0.6 is 23.2 Å². The first-order valence-corrected chi connectivity index (χ1v) is 7.78. The van der Waals surface area contributed by atoms with E-state index in [1.54, 1.807) is 6.92 Å². The van der Waals surface area contributed by atoms with Gasteiger partial charge in [0.25, 0.3) is 0 Å². The summed E-state index contributed by atoms with van der Waals surface area (Å²) in [6.45, 7) is 1.78. The van der Waals surface area contributed by atoms with Gasteiger partial charge in [0.15, 0.2) is 0 Å². The zero-order valence-electron chi connectivity index (χ0n) is 12.1. The van der Waals surface area contributed by atoms with E-state index in [1.807, 2.05) is 0 Å². The highest BCUT2D eigenvalue weighted by Gasteiger charge is 2.41. The molecule has 22 heavy (non-hydrogen) atoms. The lowest BCUT2D eigenvalue weighted by Gasteiger charge is -2.35. The van der Waals surface area contributed by atoms with Crippen molar-refractivity contribution in [3.63, 3.8) is 0 Å². The fourth-order valence-electron chi connectivity index (χ4n) is 2.82. The first-order chi connectivity index (χ1) is 10.3. The Balaban J connectivity index is 2.45. The molecule has 0 spiro atoms. The Bertz CT molecular complexity index is 612. The zero-order chi connectivity index (χ0) is 16.5. The van der Waals surface area contributed by atoms with Crippen LogP contribution in [0.2, 0.25) is 10.0 Å². The maximum Gasteiger partial charge on any atom is 0.418 e. The van der Waals surface area contributed by atoms with Crippen LogP contribution in [0.5, 0.6) is 5.75 Å². The highest BCUT2D eigenvalue weighted by atomic mass is 35.5. The molecule has 1 saturated carbocycles. The molecule has 0 aliphatic heterocycles. The van der Waals surface area contributed by atoms with Gasteiger partial charge in [0.2, 0.25) is 5.91 Å². The van der Waals surface area contributed by atoms with Crippen LogP contribution in [0.4, 0.5) is 10.5 Å². The number of amides is 2. The number of anilines is 1. The van der Waals surface area contributed by atoms with E-state index in [0.29, 0.717) is 17.7 Å². The number of carbonyl (C=O) groups excluding carboxylic acids is 1. The summed E-state index contributed by atoms with van der Waals surface area (Å²) in [5, 5.41) is 18.7. The summed E-state index contributed by atoms with van der Waals surface area (Å²) in [7, 11) is 0. The molecular formula is C15H17Cl2NO4. The van der Waals surface area contributed by atoms with Crippen molar-refractivity contribution in [3.05, 3.63) is 22.2 Å². The molecule has 2 N–H and O–H groups in total. The number of aromatic hydroxyl groups is 1. The van der Waals surface area contributed by atoms with Gasteiger partial charge < -0.3 is 10.2 Å². The van der Waals surface area contributed by atoms with Gasteiger partial charge in [-0.2, -0.15) is 0 Å². The molecule has 7 heteroatoms. The van der Waals surface area contributed by atoms with Crippen molar-refractivity contribution >= 4 is 40.9 Å². The first-order valence-electron chi connectivity index (χ1n) is 7.02. The first kappa shape index (κ1) is 16.9. The number of phenols is 1. The van der Waals surface area contributed by atoms with Crippen molar-refractivity contribution in [1.29, 1.82) is 0 Å². The molecule has 0 bridgehead atoms. The Kier molecular flexibility index (Phi) is 4.87. The maximum atomic E-state index is 12.8. The topological polar surface area (TPSA) is 77.8 Å². The molecule has 1 aliphatic rings. The molecule has 0 aromatic heterocycles. The van der Waals surface area contributed by atoms with Gasteiger partial charge in [-0.15, -0.1) is 0 Å². The highest BCUT2D eigenvalue weighted by Crippen LogP contribution is 2.42. The third kappa shape index (κ3) is 3.01. The van der Waals surface area contributed by atoms with Crippen molar-refractivity contribution in [2.75, 3.05) is 4.90 Å². The van der Waals surface area contributed by atoms with Crippen LogP contribution in [-0.2, 0) is 4.79 Å². The molecule has 1 aliphatic carbocycles. The Hall–Kier alpha value is -1.46. The van der Waals surface area contributed by atoms with Gasteiger partial charge in [-0.1, -0.05) is 49.4 Å². The summed E-state index contributed by atoms with van der Waals surface area (Å²) >= 11 is 11.9. The van der Waals surface area contributed by atoms with E-state index in [0.717, 1.165) is 19.3 Å². The Morgan fingerprint density at radius 2 is 1.73 bits per heavy atom. The van der Waals surface area contributed by atoms with Gasteiger partial charge >= 0.3 is 6.09 Å². The average Bonchev–Trinajstić information content (AvgIpc) is 2.48. The van der Waals surface area contributed by atoms with Crippen molar-refractivity contribution in [2.45, 2.75) is 39.0 Å². The standard InChI is InChI=1S/C15H17Cl2NO4/c1-15(7-3-2-4-8-15)13(20)18(14(21)22)9-5-6-10(19)12(17)11(9)16/h5-6,19H,2-4,7-8H2,1H3,(H,21,22).